The van der Waals surface area contributed by atoms with Crippen molar-refractivity contribution in [1.82, 2.24) is 0 Å². The molecule has 0 fully saturated rings. The van der Waals surface area contributed by atoms with Crippen molar-refractivity contribution < 1.29 is 4.39 Å². The zero-order valence-corrected chi connectivity index (χ0v) is 12.1. The number of benzene rings is 2. The summed E-state index contributed by atoms with van der Waals surface area (Å²) >= 11 is 7.74. The zero-order valence-electron chi connectivity index (χ0n) is 10.6. The molecular formula is C15H15ClFNS. The van der Waals surface area contributed by atoms with Crippen molar-refractivity contribution in [1.29, 1.82) is 0 Å². The van der Waals surface area contributed by atoms with Crippen LogP contribution in [0.5, 0.6) is 0 Å². The molecule has 19 heavy (non-hydrogen) atoms. The average Bonchev–Trinajstić information content (AvgIpc) is 2.38. The van der Waals surface area contributed by atoms with Crippen LogP contribution in [0.15, 0.2) is 47.4 Å². The first-order chi connectivity index (χ1) is 9.08. The predicted molar refractivity (Wildman–Crippen MR) is 80.0 cm³/mol. The Kier molecular flexibility index (Phi) is 4.86. The Labute approximate surface area is 122 Å². The van der Waals surface area contributed by atoms with Crippen molar-refractivity contribution >= 4 is 23.4 Å². The Balaban J connectivity index is 2.18. The van der Waals surface area contributed by atoms with Crippen LogP contribution in [0.1, 0.15) is 24.1 Å². The lowest BCUT2D eigenvalue weighted by molar-refractivity contribution is 0.619. The van der Waals surface area contributed by atoms with Gasteiger partial charge in [-0.05, 0) is 42.3 Å². The van der Waals surface area contributed by atoms with E-state index in [9.17, 15) is 4.39 Å². The van der Waals surface area contributed by atoms with Gasteiger partial charge in [-0.15, -0.1) is 11.8 Å². The lowest BCUT2D eigenvalue weighted by Gasteiger charge is -2.13. The van der Waals surface area contributed by atoms with E-state index in [4.69, 9.17) is 17.3 Å². The summed E-state index contributed by atoms with van der Waals surface area (Å²) in [5.74, 6) is 0.486. The first-order valence-electron chi connectivity index (χ1n) is 5.99. The molecular weight excluding hydrogens is 281 g/mol. The summed E-state index contributed by atoms with van der Waals surface area (Å²) in [6, 6.07) is 12.3. The van der Waals surface area contributed by atoms with Gasteiger partial charge >= 0.3 is 0 Å². The second-order valence-electron chi connectivity index (χ2n) is 4.35. The molecule has 0 aromatic heterocycles. The Morgan fingerprint density at radius 2 is 2.00 bits per heavy atom. The van der Waals surface area contributed by atoms with E-state index in [1.807, 2.05) is 31.2 Å². The van der Waals surface area contributed by atoms with E-state index in [0.29, 0.717) is 0 Å². The van der Waals surface area contributed by atoms with Gasteiger partial charge in [-0.1, -0.05) is 29.8 Å². The van der Waals surface area contributed by atoms with Crippen LogP contribution < -0.4 is 5.73 Å². The van der Waals surface area contributed by atoms with Crippen molar-refractivity contribution in [2.24, 2.45) is 5.73 Å². The molecule has 0 spiro atoms. The molecule has 0 aliphatic carbocycles. The standard InChI is InChI=1S/C15H15ClFNS/c1-10(18)13-8-12(17)6-7-15(13)19-9-11-4-2-3-5-14(11)16/h2-8,10H,9,18H2,1H3/t10-/m0/s1. The molecule has 2 rings (SSSR count). The third-order valence-electron chi connectivity index (χ3n) is 2.80. The molecule has 0 bridgehead atoms. The van der Waals surface area contributed by atoms with Crippen molar-refractivity contribution in [3.63, 3.8) is 0 Å². The van der Waals surface area contributed by atoms with E-state index < -0.39 is 0 Å². The van der Waals surface area contributed by atoms with Crippen LogP contribution in [-0.4, -0.2) is 0 Å². The van der Waals surface area contributed by atoms with Crippen LogP contribution in [-0.2, 0) is 5.75 Å². The molecule has 0 amide bonds. The molecule has 0 aliphatic rings. The van der Waals surface area contributed by atoms with Crippen LogP contribution in [0.2, 0.25) is 5.02 Å². The lowest BCUT2D eigenvalue weighted by Crippen LogP contribution is -2.06. The van der Waals surface area contributed by atoms with Crippen molar-refractivity contribution in [2.45, 2.75) is 23.6 Å². The van der Waals surface area contributed by atoms with E-state index in [1.165, 1.54) is 12.1 Å². The SMILES string of the molecule is C[C@H](N)c1cc(F)ccc1SCc1ccccc1Cl. The van der Waals surface area contributed by atoms with Gasteiger partial charge in [0.15, 0.2) is 0 Å². The third kappa shape index (κ3) is 3.72. The highest BCUT2D eigenvalue weighted by molar-refractivity contribution is 7.98. The van der Waals surface area contributed by atoms with Gasteiger partial charge in [-0.2, -0.15) is 0 Å². The Hall–Kier alpha value is -1.03. The maximum atomic E-state index is 13.2. The predicted octanol–water partition coefficient (Wildman–Crippen LogP) is 4.79. The van der Waals surface area contributed by atoms with Gasteiger partial charge in [-0.25, -0.2) is 4.39 Å². The van der Waals surface area contributed by atoms with Gasteiger partial charge in [-0.3, -0.25) is 0 Å². The minimum atomic E-state index is -0.255. The Morgan fingerprint density at radius 3 is 2.68 bits per heavy atom. The normalized spacial score (nSPS) is 12.4. The largest absolute Gasteiger partial charge is 0.324 e. The number of thioether (sulfide) groups is 1. The van der Waals surface area contributed by atoms with Crippen molar-refractivity contribution in [3.8, 4) is 0 Å². The molecule has 0 radical (unpaired) electrons. The van der Waals surface area contributed by atoms with Crippen molar-refractivity contribution in [3.05, 3.63) is 64.4 Å². The summed E-state index contributed by atoms with van der Waals surface area (Å²) in [5, 5.41) is 0.749. The molecule has 2 aromatic carbocycles. The summed E-state index contributed by atoms with van der Waals surface area (Å²) in [7, 11) is 0. The number of hydrogen-bond acceptors (Lipinski definition) is 2. The molecule has 2 N–H and O–H groups in total. The van der Waals surface area contributed by atoms with Crippen LogP contribution in [0, 0.1) is 5.82 Å². The number of hydrogen-bond donors (Lipinski definition) is 1. The van der Waals surface area contributed by atoms with Crippen LogP contribution in [0.25, 0.3) is 0 Å². The highest BCUT2D eigenvalue weighted by Gasteiger charge is 2.09. The first-order valence-corrected chi connectivity index (χ1v) is 7.35. The van der Waals surface area contributed by atoms with Gasteiger partial charge < -0.3 is 5.73 Å². The molecule has 0 unspecified atom stereocenters. The molecule has 0 heterocycles. The average molecular weight is 296 g/mol. The number of rotatable bonds is 4. The van der Waals surface area contributed by atoms with Gasteiger partial charge in [0.2, 0.25) is 0 Å². The third-order valence-corrected chi connectivity index (χ3v) is 4.31. The maximum Gasteiger partial charge on any atom is 0.123 e. The number of halogens is 2. The van der Waals surface area contributed by atoms with Gasteiger partial charge in [0.05, 0.1) is 0 Å². The van der Waals surface area contributed by atoms with Gasteiger partial charge in [0.1, 0.15) is 5.82 Å². The molecule has 4 heteroatoms. The minimum Gasteiger partial charge on any atom is -0.324 e. The molecule has 0 aliphatic heterocycles. The summed E-state index contributed by atoms with van der Waals surface area (Å²) < 4.78 is 13.2. The molecule has 1 atom stereocenters. The monoisotopic (exact) mass is 295 g/mol. The van der Waals surface area contributed by atoms with E-state index in [0.717, 1.165) is 26.8 Å². The van der Waals surface area contributed by atoms with E-state index in [2.05, 4.69) is 0 Å². The fourth-order valence-corrected chi connectivity index (χ4v) is 3.20. The zero-order chi connectivity index (χ0) is 13.8. The topological polar surface area (TPSA) is 26.0 Å². The van der Waals surface area contributed by atoms with Gasteiger partial charge in [0, 0.05) is 21.7 Å². The highest BCUT2D eigenvalue weighted by atomic mass is 35.5. The lowest BCUT2D eigenvalue weighted by atomic mass is 10.1. The first kappa shape index (κ1) is 14.4. The Bertz CT molecular complexity index is 572. The second-order valence-corrected chi connectivity index (χ2v) is 5.78. The van der Waals surface area contributed by atoms with Crippen molar-refractivity contribution in [2.75, 3.05) is 0 Å². The molecule has 2 aromatic rings. The molecule has 1 nitrogen and oxygen atoms in total. The molecule has 0 saturated carbocycles. The Morgan fingerprint density at radius 1 is 1.26 bits per heavy atom. The van der Waals surface area contributed by atoms with Crippen LogP contribution in [0.4, 0.5) is 4.39 Å². The van der Waals surface area contributed by atoms with E-state index in [1.54, 1.807) is 17.8 Å². The fourth-order valence-electron chi connectivity index (χ4n) is 1.78. The quantitative estimate of drug-likeness (QED) is 0.821. The number of nitrogens with two attached hydrogens (primary N) is 1. The van der Waals surface area contributed by atoms with E-state index in [-0.39, 0.29) is 11.9 Å². The minimum absolute atomic E-state index is 0.190. The molecule has 100 valence electrons. The van der Waals surface area contributed by atoms with E-state index >= 15 is 0 Å². The second kappa shape index (κ2) is 6.42. The van der Waals surface area contributed by atoms with Gasteiger partial charge in [0.25, 0.3) is 0 Å². The summed E-state index contributed by atoms with van der Waals surface area (Å²) in [4.78, 5) is 0.997. The van der Waals surface area contributed by atoms with Crippen LogP contribution >= 0.6 is 23.4 Å². The summed E-state index contributed by atoms with van der Waals surface area (Å²) in [5.41, 5.74) is 7.77. The smallest absolute Gasteiger partial charge is 0.123 e. The summed E-state index contributed by atoms with van der Waals surface area (Å²) in [6.45, 7) is 1.86. The maximum absolute atomic E-state index is 13.2. The molecule has 0 saturated heterocycles. The fraction of sp³-hybridized carbons (Fsp3) is 0.200. The highest BCUT2D eigenvalue weighted by Crippen LogP contribution is 2.31. The summed E-state index contributed by atoms with van der Waals surface area (Å²) in [6.07, 6.45) is 0. The van der Waals surface area contributed by atoms with Crippen LogP contribution in [0.3, 0.4) is 0 Å².